The van der Waals surface area contributed by atoms with E-state index in [2.05, 4.69) is 4.98 Å². The molecule has 7 heteroatoms. The number of anilines is 1. The van der Waals surface area contributed by atoms with Gasteiger partial charge in [-0.1, -0.05) is 30.3 Å². The van der Waals surface area contributed by atoms with Crippen LogP contribution >= 0.6 is 0 Å². The van der Waals surface area contributed by atoms with Crippen molar-refractivity contribution >= 4 is 17.8 Å². The number of halogens is 3. The minimum absolute atomic E-state index is 0.0769. The molecule has 0 radical (unpaired) electrons. The highest BCUT2D eigenvalue weighted by Gasteiger charge is 2.36. The third-order valence-corrected chi connectivity index (χ3v) is 4.20. The van der Waals surface area contributed by atoms with Crippen LogP contribution in [0.25, 0.3) is 6.08 Å². The molecule has 1 aliphatic rings. The summed E-state index contributed by atoms with van der Waals surface area (Å²) in [6.07, 6.45) is 0.127. The number of benzene rings is 1. The van der Waals surface area contributed by atoms with Crippen LogP contribution in [0.1, 0.15) is 11.1 Å². The van der Waals surface area contributed by atoms with Crippen LogP contribution in [0.4, 0.5) is 19.0 Å². The van der Waals surface area contributed by atoms with Crippen LogP contribution in [0.5, 0.6) is 0 Å². The summed E-state index contributed by atoms with van der Waals surface area (Å²) in [5, 5.41) is 0. The highest BCUT2D eigenvalue weighted by atomic mass is 19.4. The number of carbonyl (C=O) groups excluding carboxylic acids is 1. The molecule has 26 heavy (non-hydrogen) atoms. The van der Waals surface area contributed by atoms with Crippen molar-refractivity contribution in [2.24, 2.45) is 0 Å². The molecular formula is C19H18F3N3O. The third kappa shape index (κ3) is 4.22. The van der Waals surface area contributed by atoms with Crippen LogP contribution in [-0.4, -0.2) is 42.0 Å². The Morgan fingerprint density at radius 2 is 1.69 bits per heavy atom. The molecule has 1 aromatic carbocycles. The summed E-state index contributed by atoms with van der Waals surface area (Å²) < 4.78 is 39.4. The number of rotatable bonds is 3. The summed E-state index contributed by atoms with van der Waals surface area (Å²) in [6.45, 7) is 1.33. The Morgan fingerprint density at radius 1 is 1.00 bits per heavy atom. The van der Waals surface area contributed by atoms with E-state index in [4.69, 9.17) is 0 Å². The van der Waals surface area contributed by atoms with E-state index in [0.29, 0.717) is 26.2 Å². The van der Waals surface area contributed by atoms with Crippen molar-refractivity contribution in [1.29, 1.82) is 0 Å². The smallest absolute Gasteiger partial charge is 0.353 e. The second kappa shape index (κ2) is 7.59. The summed E-state index contributed by atoms with van der Waals surface area (Å²) in [7, 11) is 0. The fourth-order valence-corrected chi connectivity index (χ4v) is 2.85. The Bertz CT molecular complexity index is 782. The first-order valence-corrected chi connectivity index (χ1v) is 8.24. The van der Waals surface area contributed by atoms with Gasteiger partial charge in [0.25, 0.3) is 0 Å². The number of hydrogen-bond acceptors (Lipinski definition) is 3. The monoisotopic (exact) mass is 361 g/mol. The van der Waals surface area contributed by atoms with Crippen LogP contribution < -0.4 is 4.90 Å². The zero-order valence-corrected chi connectivity index (χ0v) is 14.0. The van der Waals surface area contributed by atoms with E-state index >= 15 is 0 Å². The fourth-order valence-electron chi connectivity index (χ4n) is 2.85. The molecule has 2 aromatic rings. The van der Waals surface area contributed by atoms with E-state index in [-0.39, 0.29) is 11.7 Å². The lowest BCUT2D eigenvalue weighted by Gasteiger charge is -2.35. The first kappa shape index (κ1) is 18.0. The zero-order chi connectivity index (χ0) is 18.6. The van der Waals surface area contributed by atoms with E-state index < -0.39 is 11.7 Å². The maximum Gasteiger partial charge on any atom is 0.419 e. The van der Waals surface area contributed by atoms with Crippen molar-refractivity contribution in [3.63, 3.8) is 0 Å². The molecule has 2 heterocycles. The van der Waals surface area contributed by atoms with Gasteiger partial charge in [-0.05, 0) is 23.8 Å². The van der Waals surface area contributed by atoms with Crippen LogP contribution in [0.2, 0.25) is 0 Å². The molecular weight excluding hydrogens is 343 g/mol. The highest BCUT2D eigenvalue weighted by Crippen LogP contribution is 2.35. The molecule has 0 atom stereocenters. The van der Waals surface area contributed by atoms with Gasteiger partial charge in [-0.2, -0.15) is 13.2 Å². The fraction of sp³-hybridized carbons (Fsp3) is 0.263. The van der Waals surface area contributed by atoms with Crippen molar-refractivity contribution in [3.05, 3.63) is 65.9 Å². The lowest BCUT2D eigenvalue weighted by molar-refractivity contribution is -0.137. The first-order valence-electron chi connectivity index (χ1n) is 8.24. The molecule has 1 aliphatic heterocycles. The summed E-state index contributed by atoms with van der Waals surface area (Å²) >= 11 is 0. The summed E-state index contributed by atoms with van der Waals surface area (Å²) in [6, 6.07) is 11.7. The zero-order valence-electron chi connectivity index (χ0n) is 14.0. The summed E-state index contributed by atoms with van der Waals surface area (Å²) in [5.74, 6) is -0.225. The van der Waals surface area contributed by atoms with Gasteiger partial charge >= 0.3 is 6.18 Å². The van der Waals surface area contributed by atoms with E-state index in [1.165, 1.54) is 18.3 Å². The van der Waals surface area contributed by atoms with Crippen LogP contribution in [-0.2, 0) is 11.0 Å². The van der Waals surface area contributed by atoms with Crippen molar-refractivity contribution < 1.29 is 18.0 Å². The van der Waals surface area contributed by atoms with E-state index in [1.807, 2.05) is 30.3 Å². The number of alkyl halides is 3. The van der Waals surface area contributed by atoms with Gasteiger partial charge in [-0.15, -0.1) is 0 Å². The topological polar surface area (TPSA) is 36.4 Å². The van der Waals surface area contributed by atoms with E-state index in [0.717, 1.165) is 11.6 Å². The predicted molar refractivity (Wildman–Crippen MR) is 93.5 cm³/mol. The minimum Gasteiger partial charge on any atom is -0.353 e. The van der Waals surface area contributed by atoms with E-state index in [1.54, 1.807) is 15.9 Å². The molecule has 0 bridgehead atoms. The number of nitrogens with zero attached hydrogens (tertiary/aromatic N) is 3. The highest BCUT2D eigenvalue weighted by molar-refractivity contribution is 5.91. The molecule has 0 aliphatic carbocycles. The molecule has 4 nitrogen and oxygen atoms in total. The predicted octanol–water partition coefficient (Wildman–Crippen LogP) is 3.46. The average molecular weight is 361 g/mol. The van der Waals surface area contributed by atoms with Gasteiger partial charge in [-0.25, -0.2) is 4.98 Å². The molecule has 1 fully saturated rings. The summed E-state index contributed by atoms with van der Waals surface area (Å²) in [4.78, 5) is 19.4. The molecule has 1 saturated heterocycles. The Balaban J connectivity index is 1.63. The maximum atomic E-state index is 13.1. The molecule has 0 saturated carbocycles. The number of aromatic nitrogens is 1. The van der Waals surface area contributed by atoms with Crippen LogP contribution in [0.15, 0.2) is 54.7 Å². The molecule has 3 rings (SSSR count). The van der Waals surface area contributed by atoms with Gasteiger partial charge in [0, 0.05) is 38.5 Å². The molecule has 0 unspecified atom stereocenters. The molecule has 1 aromatic heterocycles. The minimum atomic E-state index is -4.45. The SMILES string of the molecule is O=C(/C=C/c1ccccc1)N1CCN(c2ncccc2C(F)(F)F)CC1. The lowest BCUT2D eigenvalue weighted by atomic mass is 10.2. The molecule has 136 valence electrons. The number of amides is 1. The van der Waals surface area contributed by atoms with E-state index in [9.17, 15) is 18.0 Å². The summed E-state index contributed by atoms with van der Waals surface area (Å²) in [5.41, 5.74) is 0.173. The standard InChI is InChI=1S/C19H18F3N3O/c20-19(21,22)16-7-4-10-23-18(16)25-13-11-24(12-14-25)17(26)9-8-15-5-2-1-3-6-15/h1-10H,11-14H2/b9-8+. The van der Waals surface area contributed by atoms with Crippen LogP contribution in [0.3, 0.4) is 0 Å². The van der Waals surface area contributed by atoms with Gasteiger partial charge < -0.3 is 9.80 Å². The van der Waals surface area contributed by atoms with Gasteiger partial charge in [0.15, 0.2) is 0 Å². The molecule has 1 amide bonds. The van der Waals surface area contributed by atoms with Gasteiger partial charge in [-0.3, -0.25) is 4.79 Å². The average Bonchev–Trinajstić information content (AvgIpc) is 2.66. The Morgan fingerprint density at radius 3 is 2.35 bits per heavy atom. The maximum absolute atomic E-state index is 13.1. The van der Waals surface area contributed by atoms with Gasteiger partial charge in [0.2, 0.25) is 5.91 Å². The normalized spacial score (nSPS) is 15.5. The van der Waals surface area contributed by atoms with Crippen molar-refractivity contribution in [2.45, 2.75) is 6.18 Å². The quantitative estimate of drug-likeness (QED) is 0.786. The second-order valence-electron chi connectivity index (χ2n) is 5.93. The number of hydrogen-bond donors (Lipinski definition) is 0. The van der Waals surface area contributed by atoms with Crippen molar-refractivity contribution in [1.82, 2.24) is 9.88 Å². The second-order valence-corrected chi connectivity index (χ2v) is 5.93. The molecule has 0 N–H and O–H groups in total. The largest absolute Gasteiger partial charge is 0.419 e. The Hall–Kier alpha value is -2.83. The van der Waals surface area contributed by atoms with Crippen molar-refractivity contribution in [3.8, 4) is 0 Å². The number of piperazine rings is 1. The lowest BCUT2D eigenvalue weighted by Crippen LogP contribution is -2.49. The van der Waals surface area contributed by atoms with Gasteiger partial charge in [0.1, 0.15) is 5.82 Å². The third-order valence-electron chi connectivity index (χ3n) is 4.20. The van der Waals surface area contributed by atoms with Crippen molar-refractivity contribution in [2.75, 3.05) is 31.1 Å². The number of pyridine rings is 1. The molecule has 0 spiro atoms. The van der Waals surface area contributed by atoms with Crippen LogP contribution in [0, 0.1) is 0 Å². The Labute approximate surface area is 149 Å². The number of carbonyl (C=O) groups is 1. The van der Waals surface area contributed by atoms with Gasteiger partial charge in [0.05, 0.1) is 5.56 Å². The Kier molecular flexibility index (Phi) is 5.25. The first-order chi connectivity index (χ1) is 12.4.